The second kappa shape index (κ2) is 4.44. The van der Waals surface area contributed by atoms with Gasteiger partial charge in [0.05, 0.1) is 0 Å². The first kappa shape index (κ1) is 12.0. The molecule has 90 valence electrons. The monoisotopic (exact) mass is 271 g/mol. The molecule has 0 radical (unpaired) electrons. The second-order valence-corrected chi connectivity index (χ2v) is 6.58. The predicted molar refractivity (Wildman–Crippen MR) is 60.8 cm³/mol. The van der Waals surface area contributed by atoms with E-state index < -0.39 is 16.1 Å². The van der Waals surface area contributed by atoms with Gasteiger partial charge >= 0.3 is 0 Å². The minimum Gasteiger partial charge on any atom is -0.354 e. The van der Waals surface area contributed by atoms with Crippen molar-refractivity contribution >= 4 is 27.3 Å². The Morgan fingerprint density at radius 1 is 1.53 bits per heavy atom. The summed E-state index contributed by atoms with van der Waals surface area (Å²) >= 11 is 0.907. The molecule has 2 N–H and O–H groups in total. The summed E-state index contributed by atoms with van der Waals surface area (Å²) in [6.07, 6.45) is 0.149. The molecule has 1 amide bonds. The third kappa shape index (κ3) is 2.63. The van der Waals surface area contributed by atoms with Gasteiger partial charge in [-0.1, -0.05) is 0 Å². The van der Waals surface area contributed by atoms with Gasteiger partial charge in [0.1, 0.15) is 15.2 Å². The molecule has 1 atom stereocenters. The van der Waals surface area contributed by atoms with E-state index in [1.807, 2.05) is 6.07 Å². The number of carbonyl (C=O) groups is 1. The average Bonchev–Trinajstić information content (AvgIpc) is 2.86. The molecule has 0 spiro atoms. The van der Waals surface area contributed by atoms with Crippen LogP contribution in [0.2, 0.25) is 0 Å². The van der Waals surface area contributed by atoms with Crippen LogP contribution in [0.25, 0.3) is 0 Å². The molecule has 2 heterocycles. The normalized spacial score (nSPS) is 19.9. The fourth-order valence-corrected chi connectivity index (χ4v) is 3.85. The van der Waals surface area contributed by atoms with Crippen molar-refractivity contribution in [3.63, 3.8) is 0 Å². The molecule has 1 aromatic heterocycles. The fourth-order valence-electron chi connectivity index (χ4n) is 1.49. The van der Waals surface area contributed by atoms with Crippen molar-refractivity contribution in [2.45, 2.75) is 16.7 Å². The Hall–Kier alpha value is -1.43. The number of nitrogens with zero attached hydrogens (tertiary/aromatic N) is 1. The third-order valence-corrected chi connectivity index (χ3v) is 5.26. The van der Waals surface area contributed by atoms with Crippen LogP contribution in [0.4, 0.5) is 0 Å². The van der Waals surface area contributed by atoms with E-state index in [0.29, 0.717) is 11.4 Å². The zero-order valence-corrected chi connectivity index (χ0v) is 10.3. The van der Waals surface area contributed by atoms with Crippen molar-refractivity contribution in [1.82, 2.24) is 10.0 Å². The van der Waals surface area contributed by atoms with Gasteiger partial charge in [-0.15, -0.1) is 11.3 Å². The van der Waals surface area contributed by atoms with E-state index in [1.54, 1.807) is 0 Å². The molecular weight excluding hydrogens is 262 g/mol. The van der Waals surface area contributed by atoms with Crippen LogP contribution >= 0.6 is 11.3 Å². The number of rotatable bonds is 3. The molecule has 1 aliphatic heterocycles. The lowest BCUT2D eigenvalue weighted by Crippen LogP contribution is -2.35. The number of sulfonamides is 1. The first-order valence-corrected chi connectivity index (χ1v) is 7.10. The number of hydrogen-bond acceptors (Lipinski definition) is 5. The highest BCUT2D eigenvalue weighted by Gasteiger charge is 2.27. The Kier molecular flexibility index (Phi) is 3.15. The molecule has 0 aliphatic carbocycles. The zero-order valence-electron chi connectivity index (χ0n) is 8.63. The van der Waals surface area contributed by atoms with Crippen molar-refractivity contribution in [3.8, 4) is 6.07 Å². The van der Waals surface area contributed by atoms with Gasteiger partial charge in [-0.2, -0.15) is 5.26 Å². The van der Waals surface area contributed by atoms with Crippen molar-refractivity contribution in [2.24, 2.45) is 0 Å². The fraction of sp³-hybridized carbons (Fsp3) is 0.333. The minimum atomic E-state index is -3.63. The molecule has 1 fully saturated rings. The Bertz CT molecular complexity index is 585. The van der Waals surface area contributed by atoms with Crippen LogP contribution in [0.3, 0.4) is 0 Å². The maximum Gasteiger partial charge on any atom is 0.250 e. The van der Waals surface area contributed by atoms with Gasteiger partial charge in [0.25, 0.3) is 0 Å². The standard InChI is InChI=1S/C9H9N3O3S2/c10-4-7-1-2-9(16-7)17(14,15)12-6-3-8(13)11-5-6/h1-2,6,12H,3,5H2,(H,11,13). The smallest absolute Gasteiger partial charge is 0.250 e. The molecule has 1 aromatic rings. The van der Waals surface area contributed by atoms with Crippen LogP contribution in [0.5, 0.6) is 0 Å². The lowest BCUT2D eigenvalue weighted by atomic mass is 10.3. The summed E-state index contributed by atoms with van der Waals surface area (Å²) < 4.78 is 26.3. The zero-order chi connectivity index (χ0) is 12.5. The SMILES string of the molecule is N#Cc1ccc(S(=O)(=O)NC2CNC(=O)C2)s1. The summed E-state index contributed by atoms with van der Waals surface area (Å²) in [5.41, 5.74) is 0. The molecule has 1 aliphatic rings. The van der Waals surface area contributed by atoms with Gasteiger partial charge in [0.15, 0.2) is 0 Å². The van der Waals surface area contributed by atoms with E-state index in [1.165, 1.54) is 12.1 Å². The summed E-state index contributed by atoms with van der Waals surface area (Å²) in [7, 11) is -3.63. The summed E-state index contributed by atoms with van der Waals surface area (Å²) in [5, 5.41) is 11.2. The van der Waals surface area contributed by atoms with E-state index in [9.17, 15) is 13.2 Å². The molecule has 6 nitrogen and oxygen atoms in total. The highest BCUT2D eigenvalue weighted by molar-refractivity contribution is 7.91. The topological polar surface area (TPSA) is 99.1 Å². The second-order valence-electron chi connectivity index (χ2n) is 3.56. The van der Waals surface area contributed by atoms with Gasteiger partial charge in [0, 0.05) is 19.0 Å². The summed E-state index contributed by atoms with van der Waals surface area (Å²) in [6, 6.07) is 4.30. The van der Waals surface area contributed by atoms with E-state index >= 15 is 0 Å². The molecule has 2 rings (SSSR count). The molecule has 1 saturated heterocycles. The molecule has 1 unspecified atom stereocenters. The number of hydrogen-bond donors (Lipinski definition) is 2. The molecule has 0 bridgehead atoms. The number of carbonyl (C=O) groups excluding carboxylic acids is 1. The number of thiophene rings is 1. The number of nitriles is 1. The predicted octanol–water partition coefficient (Wildman–Crippen LogP) is -0.213. The highest BCUT2D eigenvalue weighted by atomic mass is 32.2. The molecular formula is C9H9N3O3S2. The van der Waals surface area contributed by atoms with Gasteiger partial charge in [0.2, 0.25) is 15.9 Å². The third-order valence-electron chi connectivity index (χ3n) is 2.26. The summed E-state index contributed by atoms with van der Waals surface area (Å²) in [5.74, 6) is -0.165. The van der Waals surface area contributed by atoms with Crippen molar-refractivity contribution in [2.75, 3.05) is 6.54 Å². The van der Waals surface area contributed by atoms with E-state index in [4.69, 9.17) is 5.26 Å². The van der Waals surface area contributed by atoms with Crippen LogP contribution in [-0.4, -0.2) is 26.9 Å². The Morgan fingerprint density at radius 2 is 2.29 bits per heavy atom. The lowest BCUT2D eigenvalue weighted by Gasteiger charge is -2.09. The van der Waals surface area contributed by atoms with Crippen LogP contribution in [0, 0.1) is 11.3 Å². The van der Waals surface area contributed by atoms with Crippen molar-refractivity contribution in [1.29, 1.82) is 5.26 Å². The van der Waals surface area contributed by atoms with Crippen LogP contribution in [-0.2, 0) is 14.8 Å². The average molecular weight is 271 g/mol. The van der Waals surface area contributed by atoms with Crippen molar-refractivity contribution in [3.05, 3.63) is 17.0 Å². The van der Waals surface area contributed by atoms with Crippen LogP contribution in [0.1, 0.15) is 11.3 Å². The maximum absolute atomic E-state index is 11.9. The van der Waals surface area contributed by atoms with Gasteiger partial charge in [-0.25, -0.2) is 13.1 Å². The van der Waals surface area contributed by atoms with E-state index in [-0.39, 0.29) is 16.5 Å². The Morgan fingerprint density at radius 3 is 2.82 bits per heavy atom. The molecule has 8 heteroatoms. The molecule has 0 saturated carbocycles. The van der Waals surface area contributed by atoms with Crippen LogP contribution < -0.4 is 10.0 Å². The van der Waals surface area contributed by atoms with Gasteiger partial charge in [-0.05, 0) is 12.1 Å². The van der Waals surface area contributed by atoms with Crippen LogP contribution in [0.15, 0.2) is 16.3 Å². The highest BCUT2D eigenvalue weighted by Crippen LogP contribution is 2.21. The Balaban J connectivity index is 2.14. The van der Waals surface area contributed by atoms with Gasteiger partial charge in [-0.3, -0.25) is 4.79 Å². The quantitative estimate of drug-likeness (QED) is 0.794. The number of nitrogens with one attached hydrogen (secondary N) is 2. The molecule has 17 heavy (non-hydrogen) atoms. The first-order chi connectivity index (χ1) is 8.01. The first-order valence-electron chi connectivity index (χ1n) is 4.80. The maximum atomic E-state index is 11.9. The van der Waals surface area contributed by atoms with E-state index in [2.05, 4.69) is 10.0 Å². The molecule has 0 aromatic carbocycles. The Labute approximate surface area is 102 Å². The largest absolute Gasteiger partial charge is 0.354 e. The van der Waals surface area contributed by atoms with Crippen molar-refractivity contribution < 1.29 is 13.2 Å². The van der Waals surface area contributed by atoms with E-state index in [0.717, 1.165) is 11.3 Å². The van der Waals surface area contributed by atoms with Gasteiger partial charge < -0.3 is 5.32 Å². The number of amides is 1. The summed E-state index contributed by atoms with van der Waals surface area (Å²) in [4.78, 5) is 11.3. The summed E-state index contributed by atoms with van der Waals surface area (Å²) in [6.45, 7) is 0.300. The lowest BCUT2D eigenvalue weighted by molar-refractivity contribution is -0.119. The minimum absolute atomic E-state index is 0.0911.